The van der Waals surface area contributed by atoms with Crippen LogP contribution >= 0.6 is 0 Å². The number of ether oxygens (including phenoxy) is 1. The molecule has 2 N–H and O–H groups in total. The average molecular weight is 235 g/mol. The highest BCUT2D eigenvalue weighted by Crippen LogP contribution is 2.26. The zero-order chi connectivity index (χ0) is 12.3. The van der Waals surface area contributed by atoms with E-state index in [9.17, 15) is 5.11 Å². The van der Waals surface area contributed by atoms with Gasteiger partial charge in [-0.15, -0.1) is 0 Å². The van der Waals surface area contributed by atoms with Crippen LogP contribution in [0.1, 0.15) is 5.56 Å². The molecule has 17 heavy (non-hydrogen) atoms. The van der Waals surface area contributed by atoms with Crippen molar-refractivity contribution in [2.45, 2.75) is 6.54 Å². The Bertz CT molecular complexity index is 432. The molecule has 0 saturated carbocycles. The lowest BCUT2D eigenvalue weighted by Crippen LogP contribution is -2.35. The first kappa shape index (κ1) is 11.6. The maximum absolute atomic E-state index is 9.64. The van der Waals surface area contributed by atoms with Crippen LogP contribution in [0, 0.1) is 0 Å². The third-order valence-electron chi connectivity index (χ3n) is 2.75. The van der Waals surface area contributed by atoms with E-state index in [0.717, 1.165) is 24.6 Å². The Balaban J connectivity index is 1.97. The van der Waals surface area contributed by atoms with Gasteiger partial charge in [0.05, 0.1) is 13.7 Å². The fourth-order valence-electron chi connectivity index (χ4n) is 1.75. The van der Waals surface area contributed by atoms with Crippen LogP contribution in [0.2, 0.25) is 0 Å². The largest absolute Gasteiger partial charge is 0.504 e. The van der Waals surface area contributed by atoms with Crippen molar-refractivity contribution in [2.75, 3.05) is 27.2 Å². The zero-order valence-electron chi connectivity index (χ0n) is 10.1. The van der Waals surface area contributed by atoms with Gasteiger partial charge >= 0.3 is 0 Å². The number of aliphatic imine (C=N–C) groups is 1. The molecule has 1 aliphatic rings. The topological polar surface area (TPSA) is 57.1 Å². The standard InChI is InChI=1S/C12H17N3O2/c1-15-6-5-13-12(15)14-8-9-3-4-11(17-2)10(16)7-9/h3-4,7,16H,5-6,8H2,1-2H3,(H,13,14). The van der Waals surface area contributed by atoms with Crippen molar-refractivity contribution in [2.24, 2.45) is 4.99 Å². The summed E-state index contributed by atoms with van der Waals surface area (Å²) in [5.41, 5.74) is 0.992. The van der Waals surface area contributed by atoms with Gasteiger partial charge in [-0.1, -0.05) is 6.07 Å². The lowest BCUT2D eigenvalue weighted by Gasteiger charge is -2.15. The monoisotopic (exact) mass is 235 g/mol. The number of hydrogen-bond acceptors (Lipinski definition) is 5. The van der Waals surface area contributed by atoms with Gasteiger partial charge in [0.15, 0.2) is 17.5 Å². The Labute approximate surface area is 101 Å². The van der Waals surface area contributed by atoms with Gasteiger partial charge in [0.1, 0.15) is 0 Å². The first-order valence-electron chi connectivity index (χ1n) is 5.56. The third kappa shape index (κ3) is 2.61. The Morgan fingerprint density at radius 1 is 1.53 bits per heavy atom. The van der Waals surface area contributed by atoms with Gasteiger partial charge in [0.2, 0.25) is 0 Å². The van der Waals surface area contributed by atoms with Crippen molar-refractivity contribution in [3.05, 3.63) is 23.8 Å². The van der Waals surface area contributed by atoms with Crippen LogP contribution < -0.4 is 10.1 Å². The van der Waals surface area contributed by atoms with Crippen LogP contribution in [0.4, 0.5) is 0 Å². The molecule has 5 heteroatoms. The second-order valence-corrected chi connectivity index (χ2v) is 3.99. The molecule has 5 nitrogen and oxygen atoms in total. The van der Waals surface area contributed by atoms with Crippen molar-refractivity contribution >= 4 is 5.96 Å². The molecule has 0 aliphatic carbocycles. The molecule has 2 rings (SSSR count). The molecule has 1 aromatic rings. The second kappa shape index (κ2) is 4.95. The highest BCUT2D eigenvalue weighted by Gasteiger charge is 2.11. The summed E-state index contributed by atoms with van der Waals surface area (Å²) < 4.78 is 4.99. The Morgan fingerprint density at radius 3 is 2.94 bits per heavy atom. The molecule has 0 unspecified atom stereocenters. The smallest absolute Gasteiger partial charge is 0.194 e. The van der Waals surface area contributed by atoms with Crippen molar-refractivity contribution in [1.29, 1.82) is 0 Å². The summed E-state index contributed by atoms with van der Waals surface area (Å²) in [5, 5.41) is 12.9. The molecule has 0 aromatic heterocycles. The van der Waals surface area contributed by atoms with E-state index in [4.69, 9.17) is 4.74 Å². The lowest BCUT2D eigenvalue weighted by atomic mass is 10.2. The van der Waals surface area contributed by atoms with Gasteiger partial charge in [0, 0.05) is 20.1 Å². The first-order chi connectivity index (χ1) is 8.20. The van der Waals surface area contributed by atoms with E-state index in [0.29, 0.717) is 12.3 Å². The molecule has 1 aliphatic heterocycles. The van der Waals surface area contributed by atoms with Gasteiger partial charge in [-0.3, -0.25) is 4.99 Å². The number of phenols is 1. The molecule has 0 fully saturated rings. The minimum Gasteiger partial charge on any atom is -0.504 e. The summed E-state index contributed by atoms with van der Waals surface area (Å²) in [7, 11) is 3.54. The number of guanidine groups is 1. The van der Waals surface area contributed by atoms with Crippen molar-refractivity contribution in [3.63, 3.8) is 0 Å². The van der Waals surface area contributed by atoms with Gasteiger partial charge in [-0.05, 0) is 17.7 Å². The average Bonchev–Trinajstić information content (AvgIpc) is 2.72. The van der Waals surface area contributed by atoms with Crippen LogP contribution in [0.25, 0.3) is 0 Å². The molecular weight excluding hydrogens is 218 g/mol. The number of benzene rings is 1. The molecule has 0 radical (unpaired) electrons. The fourth-order valence-corrected chi connectivity index (χ4v) is 1.75. The van der Waals surface area contributed by atoms with Crippen LogP contribution in [0.15, 0.2) is 23.2 Å². The number of rotatable bonds is 3. The van der Waals surface area contributed by atoms with Gasteiger partial charge in [-0.25, -0.2) is 0 Å². The van der Waals surface area contributed by atoms with Crippen molar-refractivity contribution in [3.8, 4) is 11.5 Å². The van der Waals surface area contributed by atoms with E-state index in [1.807, 2.05) is 13.1 Å². The van der Waals surface area contributed by atoms with E-state index < -0.39 is 0 Å². The quantitative estimate of drug-likeness (QED) is 0.813. The Kier molecular flexibility index (Phi) is 3.37. The van der Waals surface area contributed by atoms with Crippen LogP contribution in [-0.4, -0.2) is 43.2 Å². The molecule has 0 amide bonds. The number of methoxy groups -OCH3 is 1. The molecule has 92 valence electrons. The molecule has 0 bridgehead atoms. The van der Waals surface area contributed by atoms with Crippen LogP contribution in [0.3, 0.4) is 0 Å². The van der Waals surface area contributed by atoms with Crippen LogP contribution in [0.5, 0.6) is 11.5 Å². The molecule has 0 atom stereocenters. The second-order valence-electron chi connectivity index (χ2n) is 3.99. The summed E-state index contributed by atoms with van der Waals surface area (Å²) in [6.45, 7) is 2.43. The van der Waals surface area contributed by atoms with E-state index in [1.165, 1.54) is 7.11 Å². The fraction of sp³-hybridized carbons (Fsp3) is 0.417. The first-order valence-corrected chi connectivity index (χ1v) is 5.56. The van der Waals surface area contributed by atoms with Crippen LogP contribution in [-0.2, 0) is 6.54 Å². The molecule has 0 spiro atoms. The summed E-state index contributed by atoms with van der Waals surface area (Å²) in [6.07, 6.45) is 0. The van der Waals surface area contributed by atoms with Gasteiger partial charge in [0.25, 0.3) is 0 Å². The normalized spacial score (nSPS) is 14.7. The minimum atomic E-state index is 0.161. The Hall–Kier alpha value is -1.91. The Morgan fingerprint density at radius 2 is 2.35 bits per heavy atom. The minimum absolute atomic E-state index is 0.161. The molecule has 1 aromatic carbocycles. The van der Waals surface area contributed by atoms with E-state index in [-0.39, 0.29) is 5.75 Å². The number of hydrogen-bond donors (Lipinski definition) is 2. The van der Waals surface area contributed by atoms with E-state index in [2.05, 4.69) is 15.2 Å². The highest BCUT2D eigenvalue weighted by molar-refractivity contribution is 5.81. The zero-order valence-corrected chi connectivity index (χ0v) is 10.1. The van der Waals surface area contributed by atoms with E-state index in [1.54, 1.807) is 12.1 Å². The molecule has 0 saturated heterocycles. The molecular formula is C12H17N3O2. The lowest BCUT2D eigenvalue weighted by molar-refractivity contribution is 0.373. The number of likely N-dealkylation sites (N-methyl/N-ethyl adjacent to an activating group) is 1. The predicted octanol–water partition coefficient (Wildman–Crippen LogP) is 0.792. The number of aromatic hydroxyl groups is 1. The summed E-state index contributed by atoms with van der Waals surface area (Å²) >= 11 is 0. The van der Waals surface area contributed by atoms with E-state index >= 15 is 0 Å². The van der Waals surface area contributed by atoms with Gasteiger partial charge < -0.3 is 20.1 Å². The summed E-state index contributed by atoms with van der Waals surface area (Å²) in [5.74, 6) is 1.55. The molecule has 1 heterocycles. The number of phenolic OH excluding ortho intramolecular Hbond substituents is 1. The summed E-state index contributed by atoms with van der Waals surface area (Å²) in [6, 6.07) is 5.37. The van der Waals surface area contributed by atoms with Crippen molar-refractivity contribution in [1.82, 2.24) is 10.2 Å². The highest BCUT2D eigenvalue weighted by atomic mass is 16.5. The maximum atomic E-state index is 9.64. The predicted molar refractivity (Wildman–Crippen MR) is 66.4 cm³/mol. The SMILES string of the molecule is COc1ccc(CNC2=NCCN2C)cc1O. The maximum Gasteiger partial charge on any atom is 0.194 e. The van der Waals surface area contributed by atoms with Gasteiger partial charge in [-0.2, -0.15) is 0 Å². The summed E-state index contributed by atoms with van der Waals surface area (Å²) in [4.78, 5) is 6.41. The number of nitrogens with one attached hydrogen (secondary N) is 1. The third-order valence-corrected chi connectivity index (χ3v) is 2.75. The van der Waals surface area contributed by atoms with Crippen molar-refractivity contribution < 1.29 is 9.84 Å². The number of nitrogens with zero attached hydrogens (tertiary/aromatic N) is 2.